The second kappa shape index (κ2) is 7.88. The summed E-state index contributed by atoms with van der Waals surface area (Å²) in [5, 5.41) is 3.52. The van der Waals surface area contributed by atoms with Crippen LogP contribution in [0.25, 0.3) is 0 Å². The molecule has 1 amide bonds. The van der Waals surface area contributed by atoms with Crippen molar-refractivity contribution in [3.63, 3.8) is 0 Å². The van der Waals surface area contributed by atoms with Crippen LogP contribution < -0.4 is 15.1 Å². The summed E-state index contributed by atoms with van der Waals surface area (Å²) in [7, 11) is 4.00. The van der Waals surface area contributed by atoms with Crippen molar-refractivity contribution >= 4 is 28.8 Å². The number of Topliss-reactive ketones (excluding diaryl/α,β-unsaturated/α-hetero) is 1. The van der Waals surface area contributed by atoms with Gasteiger partial charge >= 0.3 is 0 Å². The second-order valence-electron chi connectivity index (χ2n) is 9.40. The van der Waals surface area contributed by atoms with Gasteiger partial charge in [-0.1, -0.05) is 51.1 Å². The lowest BCUT2D eigenvalue weighted by atomic mass is 9.72. The summed E-state index contributed by atoms with van der Waals surface area (Å²) in [6.45, 7) is 6.04. The number of hydrogen-bond acceptors (Lipinski definition) is 4. The van der Waals surface area contributed by atoms with E-state index in [1.807, 2.05) is 55.1 Å². The number of ketones is 1. The van der Waals surface area contributed by atoms with Crippen molar-refractivity contribution in [3.8, 4) is 0 Å². The Bertz CT molecular complexity index is 1040. The van der Waals surface area contributed by atoms with Crippen LogP contribution in [0, 0.1) is 11.3 Å². The van der Waals surface area contributed by atoms with Crippen LogP contribution in [0.1, 0.15) is 45.2 Å². The molecule has 4 rings (SSSR count). The fraction of sp³-hybridized carbons (Fsp3) is 0.385. The smallest absolute Gasteiger partial charge is 0.227 e. The number of amides is 1. The largest absolute Gasteiger partial charge is 0.378 e. The van der Waals surface area contributed by atoms with Crippen molar-refractivity contribution in [3.05, 3.63) is 65.9 Å². The molecule has 0 saturated heterocycles. The molecule has 0 fully saturated rings. The number of fused-ring (bicyclic) bond motifs is 2. The lowest BCUT2D eigenvalue weighted by Gasteiger charge is -2.39. The number of carbonyl (C=O) groups is 2. The number of benzene rings is 2. The third-order valence-electron chi connectivity index (χ3n) is 6.22. The summed E-state index contributed by atoms with van der Waals surface area (Å²) in [6.07, 6.45) is 3.00. The molecule has 5 heteroatoms. The highest BCUT2D eigenvalue weighted by molar-refractivity contribution is 6.01. The van der Waals surface area contributed by atoms with E-state index >= 15 is 0 Å². The highest BCUT2D eigenvalue weighted by Crippen LogP contribution is 2.48. The first-order valence-electron chi connectivity index (χ1n) is 10.9. The van der Waals surface area contributed by atoms with Gasteiger partial charge in [0, 0.05) is 38.3 Å². The number of nitrogens with one attached hydrogen (secondary N) is 1. The zero-order valence-corrected chi connectivity index (χ0v) is 19.0. The molecular weight excluding hydrogens is 386 g/mol. The molecule has 0 radical (unpaired) electrons. The number of carbonyl (C=O) groups excluding carboxylic acids is 2. The fourth-order valence-electron chi connectivity index (χ4n) is 4.77. The van der Waals surface area contributed by atoms with Crippen LogP contribution in [0.3, 0.4) is 0 Å². The predicted molar refractivity (Wildman–Crippen MR) is 126 cm³/mol. The van der Waals surface area contributed by atoms with Crippen LogP contribution >= 0.6 is 0 Å². The van der Waals surface area contributed by atoms with Gasteiger partial charge in [0.25, 0.3) is 0 Å². The number of para-hydroxylation sites is 2. The Morgan fingerprint density at radius 3 is 2.45 bits per heavy atom. The Morgan fingerprint density at radius 1 is 1.13 bits per heavy atom. The van der Waals surface area contributed by atoms with E-state index in [0.717, 1.165) is 28.3 Å². The summed E-state index contributed by atoms with van der Waals surface area (Å²) < 4.78 is 0. The van der Waals surface area contributed by atoms with Gasteiger partial charge in [-0.05, 0) is 35.2 Å². The first kappa shape index (κ1) is 21.2. The Kier molecular flexibility index (Phi) is 5.38. The average molecular weight is 418 g/mol. The van der Waals surface area contributed by atoms with Crippen LogP contribution in [-0.4, -0.2) is 25.8 Å². The molecule has 0 unspecified atom stereocenters. The zero-order valence-electron chi connectivity index (χ0n) is 19.0. The number of rotatable bonds is 3. The number of hydrogen-bond donors (Lipinski definition) is 1. The van der Waals surface area contributed by atoms with E-state index < -0.39 is 12.0 Å². The third-order valence-corrected chi connectivity index (χ3v) is 6.22. The van der Waals surface area contributed by atoms with Crippen LogP contribution in [0.2, 0.25) is 0 Å². The maximum Gasteiger partial charge on any atom is 0.227 e. The van der Waals surface area contributed by atoms with Gasteiger partial charge in [0.05, 0.1) is 23.3 Å². The van der Waals surface area contributed by atoms with Crippen LogP contribution in [0.15, 0.2) is 60.3 Å². The minimum Gasteiger partial charge on any atom is -0.378 e. The summed E-state index contributed by atoms with van der Waals surface area (Å²) >= 11 is 0. The van der Waals surface area contributed by atoms with E-state index in [4.69, 9.17) is 0 Å². The first-order chi connectivity index (χ1) is 14.7. The molecule has 0 aromatic heterocycles. The Labute approximate surface area is 184 Å². The van der Waals surface area contributed by atoms with Gasteiger partial charge in [-0.2, -0.15) is 0 Å². The Morgan fingerprint density at radius 2 is 1.81 bits per heavy atom. The molecule has 162 valence electrons. The molecule has 0 saturated carbocycles. The minimum absolute atomic E-state index is 0.00909. The molecule has 31 heavy (non-hydrogen) atoms. The predicted octanol–water partition coefficient (Wildman–Crippen LogP) is 5.16. The lowest BCUT2D eigenvalue weighted by molar-refractivity contribution is -0.125. The maximum absolute atomic E-state index is 13.5. The van der Waals surface area contributed by atoms with Crippen molar-refractivity contribution in [2.75, 3.05) is 29.2 Å². The summed E-state index contributed by atoms with van der Waals surface area (Å²) in [5.41, 5.74) is 4.39. The van der Waals surface area contributed by atoms with Crippen molar-refractivity contribution in [1.29, 1.82) is 0 Å². The van der Waals surface area contributed by atoms with Crippen molar-refractivity contribution < 1.29 is 9.59 Å². The summed E-state index contributed by atoms with van der Waals surface area (Å²) in [6, 6.07) is 15.6. The van der Waals surface area contributed by atoms with Gasteiger partial charge in [-0.3, -0.25) is 9.59 Å². The molecule has 2 atom stereocenters. The molecular formula is C26H31N3O2. The topological polar surface area (TPSA) is 52.7 Å². The van der Waals surface area contributed by atoms with E-state index in [-0.39, 0.29) is 17.1 Å². The van der Waals surface area contributed by atoms with E-state index in [9.17, 15) is 9.59 Å². The molecule has 5 nitrogen and oxygen atoms in total. The molecule has 1 aliphatic heterocycles. The van der Waals surface area contributed by atoms with Crippen LogP contribution in [-0.2, 0) is 9.59 Å². The number of anilines is 3. The molecule has 0 spiro atoms. The Balaban J connectivity index is 1.96. The maximum atomic E-state index is 13.5. The second-order valence-corrected chi connectivity index (χ2v) is 9.40. The average Bonchev–Trinajstić information content (AvgIpc) is 2.86. The van der Waals surface area contributed by atoms with Crippen molar-refractivity contribution in [2.24, 2.45) is 11.3 Å². The SMILES string of the molecule is CCC(=O)N1c2ccccc2NC2=CC(C)(C)CC(=O)[C@@H]2[C@@H]1c1ccc(N(C)C)cc1. The first-order valence-corrected chi connectivity index (χ1v) is 10.9. The molecule has 1 N–H and O–H groups in total. The number of allylic oxidation sites excluding steroid dienone is 1. The van der Waals surface area contributed by atoms with Gasteiger partial charge in [-0.25, -0.2) is 0 Å². The number of nitrogens with zero attached hydrogens (tertiary/aromatic N) is 2. The standard InChI is InChI=1S/C26H31N3O2/c1-6-23(31)29-21-10-8-7-9-19(21)27-20-15-26(2,3)16-22(30)24(20)25(29)17-11-13-18(14-12-17)28(4)5/h7-15,24-25,27H,6,16H2,1-5H3/t24-,25+/m1/s1. The van der Waals surface area contributed by atoms with E-state index in [2.05, 4.69) is 49.5 Å². The van der Waals surface area contributed by atoms with Crippen molar-refractivity contribution in [1.82, 2.24) is 0 Å². The zero-order chi connectivity index (χ0) is 22.3. The minimum atomic E-state index is -0.430. The molecule has 2 aromatic rings. The van der Waals surface area contributed by atoms with E-state index in [0.29, 0.717) is 12.8 Å². The fourth-order valence-corrected chi connectivity index (χ4v) is 4.77. The van der Waals surface area contributed by atoms with Crippen LogP contribution in [0.4, 0.5) is 17.1 Å². The molecule has 2 aromatic carbocycles. The van der Waals surface area contributed by atoms with E-state index in [1.165, 1.54) is 0 Å². The summed E-state index contributed by atoms with van der Waals surface area (Å²) in [5.74, 6) is -0.255. The molecule has 2 aliphatic rings. The highest BCUT2D eigenvalue weighted by atomic mass is 16.2. The van der Waals surface area contributed by atoms with Crippen molar-refractivity contribution in [2.45, 2.75) is 39.7 Å². The van der Waals surface area contributed by atoms with Gasteiger partial charge in [-0.15, -0.1) is 0 Å². The van der Waals surface area contributed by atoms with E-state index in [1.54, 1.807) is 0 Å². The van der Waals surface area contributed by atoms with Crippen LogP contribution in [0.5, 0.6) is 0 Å². The van der Waals surface area contributed by atoms with Gasteiger partial charge in [0.1, 0.15) is 5.78 Å². The molecule has 1 heterocycles. The highest BCUT2D eigenvalue weighted by Gasteiger charge is 2.45. The third kappa shape index (κ3) is 3.85. The normalized spacial score (nSPS) is 21.9. The molecule has 0 bridgehead atoms. The van der Waals surface area contributed by atoms with Gasteiger partial charge in [0.15, 0.2) is 0 Å². The monoisotopic (exact) mass is 417 g/mol. The Hall–Kier alpha value is -3.08. The van der Waals surface area contributed by atoms with Gasteiger partial charge in [0.2, 0.25) is 5.91 Å². The molecule has 1 aliphatic carbocycles. The summed E-state index contributed by atoms with van der Waals surface area (Å²) in [4.78, 5) is 30.7. The quantitative estimate of drug-likeness (QED) is 0.749. The lowest BCUT2D eigenvalue weighted by Crippen LogP contribution is -2.43. The van der Waals surface area contributed by atoms with Gasteiger partial charge < -0.3 is 15.1 Å².